The highest BCUT2D eigenvalue weighted by Gasteiger charge is 2.52. The van der Waals surface area contributed by atoms with Crippen LogP contribution in [0, 0.1) is 0 Å². The number of hydrogen-bond acceptors (Lipinski definition) is 3. The summed E-state index contributed by atoms with van der Waals surface area (Å²) in [5, 5.41) is 10.4. The van der Waals surface area contributed by atoms with E-state index in [1.807, 2.05) is 27.7 Å². The van der Waals surface area contributed by atoms with Crippen molar-refractivity contribution in [1.82, 2.24) is 0 Å². The lowest BCUT2D eigenvalue weighted by atomic mass is 9.78. The molecule has 1 aliphatic heterocycles. The van der Waals surface area contributed by atoms with Gasteiger partial charge < -0.3 is 14.4 Å². The van der Waals surface area contributed by atoms with Crippen LogP contribution in [0.15, 0.2) is 18.2 Å². The second-order valence-electron chi connectivity index (χ2n) is 5.29. The van der Waals surface area contributed by atoms with Gasteiger partial charge in [-0.05, 0) is 45.9 Å². The van der Waals surface area contributed by atoms with E-state index in [1.54, 1.807) is 18.2 Å². The molecular formula is C12H16BClO3. The number of halogens is 1. The summed E-state index contributed by atoms with van der Waals surface area (Å²) in [5.41, 5.74) is -0.282. The van der Waals surface area contributed by atoms with Gasteiger partial charge in [0.1, 0.15) is 5.75 Å². The van der Waals surface area contributed by atoms with Crippen LogP contribution in [-0.2, 0) is 9.31 Å². The maximum absolute atomic E-state index is 9.82. The van der Waals surface area contributed by atoms with Gasteiger partial charge in [0.2, 0.25) is 0 Å². The molecule has 1 N–H and O–H groups in total. The lowest BCUT2D eigenvalue weighted by Crippen LogP contribution is -2.41. The van der Waals surface area contributed by atoms with Crippen molar-refractivity contribution in [1.29, 1.82) is 0 Å². The van der Waals surface area contributed by atoms with Gasteiger partial charge in [-0.1, -0.05) is 11.6 Å². The topological polar surface area (TPSA) is 38.7 Å². The third kappa shape index (κ3) is 2.17. The zero-order chi connectivity index (χ0) is 12.8. The molecule has 3 nitrogen and oxygen atoms in total. The van der Waals surface area contributed by atoms with Crippen molar-refractivity contribution in [2.45, 2.75) is 38.9 Å². The minimum Gasteiger partial charge on any atom is -0.508 e. The summed E-state index contributed by atoms with van der Waals surface area (Å²) in [4.78, 5) is 0. The van der Waals surface area contributed by atoms with E-state index in [0.717, 1.165) is 0 Å². The van der Waals surface area contributed by atoms with Crippen LogP contribution < -0.4 is 5.46 Å². The molecule has 1 saturated heterocycles. The summed E-state index contributed by atoms with van der Waals surface area (Å²) in [6, 6.07) is 4.84. The molecule has 0 radical (unpaired) electrons. The van der Waals surface area contributed by atoms with E-state index < -0.39 is 18.3 Å². The molecule has 1 aliphatic rings. The monoisotopic (exact) mass is 254 g/mol. The summed E-state index contributed by atoms with van der Waals surface area (Å²) < 4.78 is 11.7. The van der Waals surface area contributed by atoms with Crippen LogP contribution in [0.5, 0.6) is 5.75 Å². The Morgan fingerprint density at radius 3 is 2.18 bits per heavy atom. The number of hydrogen-bond donors (Lipinski definition) is 1. The van der Waals surface area contributed by atoms with Crippen molar-refractivity contribution >= 4 is 24.2 Å². The van der Waals surface area contributed by atoms with Gasteiger partial charge in [0.25, 0.3) is 0 Å². The number of aromatic hydroxyl groups is 1. The third-order valence-corrected chi connectivity index (χ3v) is 3.73. The van der Waals surface area contributed by atoms with E-state index in [9.17, 15) is 5.11 Å². The highest BCUT2D eigenvalue weighted by Crippen LogP contribution is 2.37. The van der Waals surface area contributed by atoms with E-state index in [0.29, 0.717) is 10.5 Å². The molecular weight excluding hydrogens is 238 g/mol. The Labute approximate surface area is 107 Å². The molecule has 0 aromatic heterocycles. The summed E-state index contributed by atoms with van der Waals surface area (Å²) >= 11 is 5.92. The van der Waals surface area contributed by atoms with E-state index in [2.05, 4.69) is 0 Å². The third-order valence-electron chi connectivity index (χ3n) is 3.50. The molecule has 92 valence electrons. The van der Waals surface area contributed by atoms with Crippen LogP contribution in [0.4, 0.5) is 0 Å². The second-order valence-corrected chi connectivity index (χ2v) is 5.73. The standard InChI is InChI=1S/C12H16BClO3/c1-11(2)12(3,4)17-13(16-11)9-7-8(14)5-6-10(9)15/h5-7,15H,1-4H3. The second kappa shape index (κ2) is 3.90. The Morgan fingerprint density at radius 2 is 1.65 bits per heavy atom. The molecule has 2 rings (SSSR count). The van der Waals surface area contributed by atoms with Gasteiger partial charge in [0.05, 0.1) is 11.2 Å². The number of phenols is 1. The summed E-state index contributed by atoms with van der Waals surface area (Å²) in [6.07, 6.45) is 0. The highest BCUT2D eigenvalue weighted by atomic mass is 35.5. The Balaban J connectivity index is 2.35. The fourth-order valence-electron chi connectivity index (χ4n) is 1.68. The molecule has 0 spiro atoms. The molecule has 1 heterocycles. The molecule has 17 heavy (non-hydrogen) atoms. The van der Waals surface area contributed by atoms with Gasteiger partial charge in [-0.15, -0.1) is 0 Å². The van der Waals surface area contributed by atoms with Crippen LogP contribution in [0.3, 0.4) is 0 Å². The van der Waals surface area contributed by atoms with Crippen LogP contribution in [0.25, 0.3) is 0 Å². The average Bonchev–Trinajstić information content (AvgIpc) is 2.40. The SMILES string of the molecule is CC1(C)OB(c2cc(Cl)ccc2O)OC1(C)C. The summed E-state index contributed by atoms with van der Waals surface area (Å²) in [5.74, 6) is 0.132. The predicted molar refractivity (Wildman–Crippen MR) is 68.8 cm³/mol. The molecule has 5 heteroatoms. The maximum atomic E-state index is 9.82. The smallest absolute Gasteiger partial charge is 0.498 e. The van der Waals surface area contributed by atoms with Crippen LogP contribution >= 0.6 is 11.6 Å². The van der Waals surface area contributed by atoms with Crippen molar-refractivity contribution in [2.75, 3.05) is 0 Å². The van der Waals surface area contributed by atoms with Gasteiger partial charge in [-0.25, -0.2) is 0 Å². The molecule has 0 aliphatic carbocycles. The van der Waals surface area contributed by atoms with E-state index in [-0.39, 0.29) is 5.75 Å². The Kier molecular flexibility index (Phi) is 2.93. The first-order chi connectivity index (χ1) is 7.73. The van der Waals surface area contributed by atoms with Gasteiger partial charge in [0.15, 0.2) is 0 Å². The van der Waals surface area contributed by atoms with Crippen molar-refractivity contribution in [3.8, 4) is 5.75 Å². The van der Waals surface area contributed by atoms with Crippen molar-refractivity contribution in [3.63, 3.8) is 0 Å². The lowest BCUT2D eigenvalue weighted by molar-refractivity contribution is 0.00578. The fraction of sp³-hybridized carbons (Fsp3) is 0.500. The highest BCUT2D eigenvalue weighted by molar-refractivity contribution is 6.63. The zero-order valence-corrected chi connectivity index (χ0v) is 11.2. The maximum Gasteiger partial charge on any atom is 0.498 e. The summed E-state index contributed by atoms with van der Waals surface area (Å²) in [6.45, 7) is 7.87. The molecule has 0 atom stereocenters. The Bertz CT molecular complexity index is 429. The van der Waals surface area contributed by atoms with Crippen LogP contribution in [0.2, 0.25) is 5.02 Å². The quantitative estimate of drug-likeness (QED) is 0.782. The molecule has 0 saturated carbocycles. The first-order valence-electron chi connectivity index (χ1n) is 5.57. The van der Waals surface area contributed by atoms with Gasteiger partial charge in [-0.3, -0.25) is 0 Å². The normalized spacial score (nSPS) is 21.8. The fourth-order valence-corrected chi connectivity index (χ4v) is 1.86. The first-order valence-corrected chi connectivity index (χ1v) is 5.95. The molecule has 1 aromatic rings. The molecule has 0 amide bonds. The molecule has 0 bridgehead atoms. The van der Waals surface area contributed by atoms with E-state index in [1.165, 1.54) is 0 Å². The first kappa shape index (κ1) is 12.7. The van der Waals surface area contributed by atoms with Crippen LogP contribution in [0.1, 0.15) is 27.7 Å². The Morgan fingerprint density at radius 1 is 1.12 bits per heavy atom. The largest absolute Gasteiger partial charge is 0.508 e. The summed E-state index contributed by atoms with van der Waals surface area (Å²) in [7, 11) is -0.585. The zero-order valence-electron chi connectivity index (χ0n) is 10.5. The molecule has 1 fully saturated rings. The van der Waals surface area contributed by atoms with E-state index >= 15 is 0 Å². The van der Waals surface area contributed by atoms with Crippen LogP contribution in [-0.4, -0.2) is 23.4 Å². The van der Waals surface area contributed by atoms with Crippen molar-refractivity contribution in [3.05, 3.63) is 23.2 Å². The number of phenolic OH excluding ortho intramolecular Hbond substituents is 1. The lowest BCUT2D eigenvalue weighted by Gasteiger charge is -2.32. The Hall–Kier alpha value is -0.705. The van der Waals surface area contributed by atoms with Crippen molar-refractivity contribution < 1.29 is 14.4 Å². The van der Waals surface area contributed by atoms with Gasteiger partial charge in [0, 0.05) is 10.5 Å². The molecule has 1 aromatic carbocycles. The predicted octanol–water partition coefficient (Wildman–Crippen LogP) is 2.34. The minimum atomic E-state index is -0.585. The van der Waals surface area contributed by atoms with Gasteiger partial charge >= 0.3 is 7.12 Å². The van der Waals surface area contributed by atoms with E-state index in [4.69, 9.17) is 20.9 Å². The van der Waals surface area contributed by atoms with Crippen molar-refractivity contribution in [2.24, 2.45) is 0 Å². The molecule has 0 unspecified atom stereocenters. The number of benzene rings is 1. The minimum absolute atomic E-state index is 0.132. The van der Waals surface area contributed by atoms with Gasteiger partial charge in [-0.2, -0.15) is 0 Å². The number of rotatable bonds is 1. The average molecular weight is 255 g/mol.